The van der Waals surface area contributed by atoms with Gasteiger partial charge in [0.1, 0.15) is 6.54 Å². The molecular formula is C23H21ClF6N4O4. The Bertz CT molecular complexity index is 1350. The molecule has 8 nitrogen and oxygen atoms in total. The monoisotopic (exact) mass is 566 g/mol. The Hall–Kier alpha value is -3.36. The van der Waals surface area contributed by atoms with Crippen LogP contribution in [0.5, 0.6) is 0 Å². The first kappa shape index (κ1) is 29.2. The van der Waals surface area contributed by atoms with Crippen molar-refractivity contribution in [3.63, 3.8) is 0 Å². The molecule has 15 heteroatoms. The highest BCUT2D eigenvalue weighted by Gasteiger charge is 2.39. The summed E-state index contributed by atoms with van der Waals surface area (Å²) in [6.45, 7) is -1.65. The van der Waals surface area contributed by atoms with E-state index in [1.807, 2.05) is 0 Å². The SMILES string of the molecule is C[C@@](CO)(NC(=O)Cn1nc(-c2ccc(Cl)cc2)n(C[C@H](O)C(F)(F)F)c1=O)c1cccc(C(F)(F)F)c1. The number of aliphatic hydroxyl groups is 2. The maximum atomic E-state index is 13.1. The molecule has 0 spiro atoms. The number of aliphatic hydroxyl groups excluding tert-OH is 2. The number of amides is 1. The Morgan fingerprint density at radius 1 is 1.08 bits per heavy atom. The predicted molar refractivity (Wildman–Crippen MR) is 123 cm³/mol. The van der Waals surface area contributed by atoms with Crippen LogP contribution in [0, 0.1) is 0 Å². The maximum Gasteiger partial charge on any atom is 0.416 e. The van der Waals surface area contributed by atoms with Crippen LogP contribution < -0.4 is 11.0 Å². The maximum absolute atomic E-state index is 13.1. The van der Waals surface area contributed by atoms with Gasteiger partial charge in [0, 0.05) is 10.6 Å². The Labute approximate surface area is 216 Å². The molecule has 0 fully saturated rings. The third kappa shape index (κ3) is 6.55. The molecular weight excluding hydrogens is 546 g/mol. The van der Waals surface area contributed by atoms with Gasteiger partial charge in [0.25, 0.3) is 0 Å². The molecule has 0 bridgehead atoms. The molecule has 0 saturated carbocycles. The van der Waals surface area contributed by atoms with Crippen LogP contribution in [-0.2, 0) is 29.6 Å². The van der Waals surface area contributed by atoms with Crippen LogP contribution in [0.2, 0.25) is 5.02 Å². The van der Waals surface area contributed by atoms with Crippen molar-refractivity contribution in [3.8, 4) is 11.4 Å². The first-order valence-electron chi connectivity index (χ1n) is 10.8. The number of benzene rings is 2. The summed E-state index contributed by atoms with van der Waals surface area (Å²) in [7, 11) is 0. The summed E-state index contributed by atoms with van der Waals surface area (Å²) in [4.78, 5) is 25.7. The van der Waals surface area contributed by atoms with Crippen molar-refractivity contribution in [1.82, 2.24) is 19.7 Å². The second kappa shape index (κ2) is 10.8. The fraction of sp³-hybridized carbons (Fsp3) is 0.348. The van der Waals surface area contributed by atoms with E-state index in [-0.39, 0.29) is 22.0 Å². The predicted octanol–water partition coefficient (Wildman–Crippen LogP) is 3.33. The van der Waals surface area contributed by atoms with E-state index < -0.39 is 60.9 Å². The molecule has 1 heterocycles. The van der Waals surface area contributed by atoms with E-state index in [0.717, 1.165) is 18.2 Å². The van der Waals surface area contributed by atoms with E-state index in [1.54, 1.807) is 0 Å². The summed E-state index contributed by atoms with van der Waals surface area (Å²) in [6.07, 6.45) is -12.7. The van der Waals surface area contributed by atoms with Crippen LogP contribution in [0.4, 0.5) is 26.3 Å². The first-order valence-corrected chi connectivity index (χ1v) is 11.2. The Morgan fingerprint density at radius 2 is 1.68 bits per heavy atom. The zero-order chi connectivity index (χ0) is 28.5. The molecule has 1 amide bonds. The van der Waals surface area contributed by atoms with Crippen molar-refractivity contribution < 1.29 is 41.4 Å². The minimum absolute atomic E-state index is 0.0868. The Balaban J connectivity index is 1.94. The smallest absolute Gasteiger partial charge is 0.394 e. The molecule has 0 unspecified atom stereocenters. The normalized spacial score (nSPS) is 14.7. The average Bonchev–Trinajstić information content (AvgIpc) is 3.13. The van der Waals surface area contributed by atoms with Crippen molar-refractivity contribution >= 4 is 17.5 Å². The number of hydrogen-bond acceptors (Lipinski definition) is 5. The fourth-order valence-corrected chi connectivity index (χ4v) is 3.65. The van der Waals surface area contributed by atoms with Crippen LogP contribution in [0.25, 0.3) is 11.4 Å². The minimum Gasteiger partial charge on any atom is -0.394 e. The zero-order valence-electron chi connectivity index (χ0n) is 19.5. The second-order valence-electron chi connectivity index (χ2n) is 8.56. The van der Waals surface area contributed by atoms with Crippen molar-refractivity contribution in [3.05, 3.63) is 75.2 Å². The lowest BCUT2D eigenvalue weighted by Crippen LogP contribution is -2.48. The number of alkyl halides is 6. The highest BCUT2D eigenvalue weighted by atomic mass is 35.5. The summed E-state index contributed by atoms with van der Waals surface area (Å²) in [5.74, 6) is -1.28. The summed E-state index contributed by atoms with van der Waals surface area (Å²) in [6, 6.07) is 9.40. The molecule has 1 aromatic heterocycles. The molecule has 0 aliphatic carbocycles. The van der Waals surface area contributed by atoms with Crippen molar-refractivity contribution in [2.75, 3.05) is 6.61 Å². The lowest BCUT2D eigenvalue weighted by atomic mass is 9.91. The van der Waals surface area contributed by atoms with Gasteiger partial charge in [0.05, 0.1) is 24.3 Å². The first-order chi connectivity index (χ1) is 17.5. The van der Waals surface area contributed by atoms with Crippen molar-refractivity contribution in [2.24, 2.45) is 0 Å². The number of aromatic nitrogens is 3. The highest BCUT2D eigenvalue weighted by molar-refractivity contribution is 6.30. The van der Waals surface area contributed by atoms with Crippen LogP contribution in [0.15, 0.2) is 53.3 Å². The lowest BCUT2D eigenvalue weighted by Gasteiger charge is -2.30. The third-order valence-corrected chi connectivity index (χ3v) is 5.86. The van der Waals surface area contributed by atoms with E-state index in [1.165, 1.54) is 37.3 Å². The summed E-state index contributed by atoms with van der Waals surface area (Å²) in [5.41, 5.74) is -3.83. The average molecular weight is 567 g/mol. The molecule has 2 atom stereocenters. The van der Waals surface area contributed by atoms with Gasteiger partial charge in [0.2, 0.25) is 5.91 Å². The zero-order valence-corrected chi connectivity index (χ0v) is 20.3. The number of rotatable bonds is 8. The second-order valence-corrected chi connectivity index (χ2v) is 8.99. The number of carbonyl (C=O) groups is 1. The molecule has 2 aromatic carbocycles. The fourth-order valence-electron chi connectivity index (χ4n) is 3.52. The molecule has 3 rings (SSSR count). The molecule has 3 aromatic rings. The summed E-state index contributed by atoms with van der Waals surface area (Å²) >= 11 is 5.83. The number of hydrogen-bond donors (Lipinski definition) is 3. The van der Waals surface area contributed by atoms with Gasteiger partial charge >= 0.3 is 18.0 Å². The number of nitrogens with one attached hydrogen (secondary N) is 1. The third-order valence-electron chi connectivity index (χ3n) is 5.61. The van der Waals surface area contributed by atoms with Gasteiger partial charge in [-0.2, -0.15) is 26.3 Å². The lowest BCUT2D eigenvalue weighted by molar-refractivity contribution is -0.207. The van der Waals surface area contributed by atoms with E-state index >= 15 is 0 Å². The molecule has 206 valence electrons. The van der Waals surface area contributed by atoms with Crippen molar-refractivity contribution in [2.45, 2.75) is 44.0 Å². The van der Waals surface area contributed by atoms with Gasteiger partial charge in [-0.1, -0.05) is 23.7 Å². The highest BCUT2D eigenvalue weighted by Crippen LogP contribution is 2.32. The largest absolute Gasteiger partial charge is 0.416 e. The van der Waals surface area contributed by atoms with Gasteiger partial charge in [-0.3, -0.25) is 9.36 Å². The number of halogens is 7. The van der Waals surface area contributed by atoms with Crippen molar-refractivity contribution in [1.29, 1.82) is 0 Å². The molecule has 0 aliphatic heterocycles. The van der Waals surface area contributed by atoms with Crippen LogP contribution >= 0.6 is 11.6 Å². The number of nitrogens with zero attached hydrogens (tertiary/aromatic N) is 3. The quantitative estimate of drug-likeness (QED) is 0.363. The Morgan fingerprint density at radius 3 is 2.24 bits per heavy atom. The van der Waals surface area contributed by atoms with Crippen LogP contribution in [0.3, 0.4) is 0 Å². The molecule has 0 saturated heterocycles. The summed E-state index contributed by atoms with van der Waals surface area (Å²) in [5, 5.41) is 26.0. The van der Waals surface area contributed by atoms with Gasteiger partial charge in [-0.25, -0.2) is 9.48 Å². The van der Waals surface area contributed by atoms with Gasteiger partial charge in [0.15, 0.2) is 11.9 Å². The number of carbonyl (C=O) groups excluding carboxylic acids is 1. The molecule has 38 heavy (non-hydrogen) atoms. The molecule has 3 N–H and O–H groups in total. The molecule has 0 radical (unpaired) electrons. The van der Waals surface area contributed by atoms with E-state index in [4.69, 9.17) is 11.6 Å². The van der Waals surface area contributed by atoms with E-state index in [0.29, 0.717) is 9.25 Å². The Kier molecular flexibility index (Phi) is 8.29. The van der Waals surface area contributed by atoms with Crippen LogP contribution in [-0.4, -0.2) is 49.4 Å². The standard InChI is InChI=1S/C23H21ClF6N4O4/c1-21(12-35,14-3-2-4-15(9-14)22(25,26)27)31-18(37)11-34-20(38)33(10-17(36)23(28,29)30)19(32-34)13-5-7-16(24)8-6-13/h2-9,17,35-36H,10-12H2,1H3,(H,31,37)/t17-,21-/m0/s1. The minimum atomic E-state index is -5.05. The van der Waals surface area contributed by atoms with Gasteiger partial charge < -0.3 is 15.5 Å². The van der Waals surface area contributed by atoms with Gasteiger partial charge in [-0.05, 0) is 48.9 Å². The van der Waals surface area contributed by atoms with E-state index in [2.05, 4.69) is 10.4 Å². The van der Waals surface area contributed by atoms with E-state index in [9.17, 15) is 46.1 Å². The summed E-state index contributed by atoms with van der Waals surface area (Å²) < 4.78 is 79.4. The molecule has 0 aliphatic rings. The topological polar surface area (TPSA) is 109 Å². The van der Waals surface area contributed by atoms with Crippen LogP contribution in [0.1, 0.15) is 18.1 Å². The van der Waals surface area contributed by atoms with Gasteiger partial charge in [-0.15, -0.1) is 5.10 Å².